The van der Waals surface area contributed by atoms with E-state index in [1.54, 1.807) is 0 Å². The second-order valence-corrected chi connectivity index (χ2v) is 2.03. The van der Waals surface area contributed by atoms with Gasteiger partial charge in [0.15, 0.2) is 0 Å². The van der Waals surface area contributed by atoms with Gasteiger partial charge in [0.05, 0.1) is 25.9 Å². The van der Waals surface area contributed by atoms with E-state index >= 15 is 0 Å². The fourth-order valence-electron chi connectivity index (χ4n) is 0.226. The van der Waals surface area contributed by atoms with Gasteiger partial charge in [-0.1, -0.05) is 5.04 Å². The maximum Gasteiger partial charge on any atom is 0.0825 e. The smallest absolute Gasteiger partial charge is 0.0825 e. The van der Waals surface area contributed by atoms with Gasteiger partial charge < -0.3 is 4.74 Å². The summed E-state index contributed by atoms with van der Waals surface area (Å²) < 4.78 is 4.71. The molecule has 4 heteroatoms. The number of rotatable bonds is 4. The van der Waals surface area contributed by atoms with Crippen molar-refractivity contribution in [3.05, 3.63) is 0 Å². The van der Waals surface area contributed by atoms with Crippen molar-refractivity contribution in [3.63, 3.8) is 0 Å². The molecule has 1 aliphatic rings. The highest BCUT2D eigenvalue weighted by molar-refractivity contribution is 4.58. The lowest BCUT2D eigenvalue weighted by Crippen LogP contribution is -1.94. The molecule has 68 valence electrons. The lowest BCUT2D eigenvalue weighted by Gasteiger charge is -1.94. The van der Waals surface area contributed by atoms with Crippen LogP contribution in [0.5, 0.6) is 0 Å². The van der Waals surface area contributed by atoms with Crippen molar-refractivity contribution in [2.24, 2.45) is 0 Å². The molecule has 0 aromatic rings. The molecule has 0 spiro atoms. The molecule has 0 N–H and O–H groups in total. The minimum absolute atomic E-state index is 0.514. The molecule has 1 unspecified atom stereocenters. The molecule has 1 atom stereocenters. The normalized spacial score (nSPS) is 20.5. The number of hydrogen-bond donors (Lipinski definition) is 0. The van der Waals surface area contributed by atoms with Crippen molar-refractivity contribution in [1.29, 1.82) is 0 Å². The zero-order chi connectivity index (χ0) is 8.53. The van der Waals surface area contributed by atoms with E-state index in [-0.39, 0.29) is 0 Å². The second-order valence-electron chi connectivity index (χ2n) is 2.03. The third kappa shape index (κ3) is 12.9. The Morgan fingerprint density at radius 3 is 1.82 bits per heavy atom. The summed E-state index contributed by atoms with van der Waals surface area (Å²) in [4.78, 5) is 8.70. The Kier molecular flexibility index (Phi) is 7.83. The first-order valence-electron chi connectivity index (χ1n) is 3.83. The minimum atomic E-state index is 0.514. The molecule has 4 nitrogen and oxygen atoms in total. The van der Waals surface area contributed by atoms with E-state index in [4.69, 9.17) is 4.74 Å². The van der Waals surface area contributed by atoms with E-state index in [0.29, 0.717) is 19.3 Å². The van der Waals surface area contributed by atoms with E-state index < -0.39 is 0 Å². The van der Waals surface area contributed by atoms with Crippen molar-refractivity contribution in [1.82, 2.24) is 0 Å². The average molecular weight is 164 g/mol. The number of ether oxygens (including phenoxy) is 1. The zero-order valence-corrected chi connectivity index (χ0v) is 7.33. The van der Waals surface area contributed by atoms with E-state index in [1.807, 2.05) is 13.8 Å². The molecule has 0 saturated carbocycles. The van der Waals surface area contributed by atoms with E-state index in [9.17, 15) is 0 Å². The van der Waals surface area contributed by atoms with Gasteiger partial charge in [0.2, 0.25) is 0 Å². The molecule has 0 aromatic heterocycles. The Labute approximate surface area is 67.2 Å². The molecule has 0 amide bonds. The third-order valence-electron chi connectivity index (χ3n) is 0.832. The van der Waals surface area contributed by atoms with Gasteiger partial charge in [0, 0.05) is 0 Å². The molecule has 0 radical (unpaired) electrons. The zero-order valence-electron chi connectivity index (χ0n) is 7.33. The molecule has 1 saturated heterocycles. The van der Waals surface area contributed by atoms with Gasteiger partial charge in [-0.3, -0.25) is 0 Å². The predicted octanol–water partition coefficient (Wildman–Crippen LogP) is 1.31. The van der Waals surface area contributed by atoms with Crippen molar-refractivity contribution >= 4 is 0 Å². The van der Waals surface area contributed by atoms with Crippen LogP contribution in [0.15, 0.2) is 0 Å². The van der Waals surface area contributed by atoms with E-state index in [0.717, 1.165) is 6.61 Å². The van der Waals surface area contributed by atoms with Gasteiger partial charge in [0.1, 0.15) is 0 Å². The molecule has 0 bridgehead atoms. The summed E-state index contributed by atoms with van der Waals surface area (Å²) in [5.74, 6) is 0. The highest BCUT2D eigenvalue weighted by Gasteiger charge is 2.13. The molecule has 0 aromatic carbocycles. The van der Waals surface area contributed by atoms with Crippen LogP contribution >= 0.6 is 0 Å². The summed E-state index contributed by atoms with van der Waals surface area (Å²) >= 11 is 0. The summed E-state index contributed by atoms with van der Waals surface area (Å²) in [6.45, 7) is 7.71. The van der Waals surface area contributed by atoms with Crippen LogP contribution in [0.25, 0.3) is 0 Å². The minimum Gasteiger partial charge on any atom is -0.373 e. The first-order chi connectivity index (χ1) is 5.31. The lowest BCUT2D eigenvalue weighted by atomic mass is 10.6. The van der Waals surface area contributed by atoms with Crippen molar-refractivity contribution in [2.75, 3.05) is 19.8 Å². The largest absolute Gasteiger partial charge is 0.373 e. The molecule has 11 heavy (non-hydrogen) atoms. The Morgan fingerprint density at radius 1 is 1.27 bits per heavy atom. The number of epoxide rings is 1. The maximum atomic E-state index is 4.71. The molecule has 1 fully saturated rings. The van der Waals surface area contributed by atoms with Crippen LogP contribution in [-0.4, -0.2) is 25.9 Å². The van der Waals surface area contributed by atoms with Crippen molar-refractivity contribution in [3.8, 4) is 0 Å². The number of hydrogen-bond acceptors (Lipinski definition) is 4. The van der Waals surface area contributed by atoms with E-state index in [1.165, 1.54) is 0 Å². The molecule has 0 aliphatic carbocycles. The summed E-state index contributed by atoms with van der Waals surface area (Å²) in [6, 6.07) is 0. The van der Waals surface area contributed by atoms with Crippen LogP contribution in [0.1, 0.15) is 20.8 Å². The summed E-state index contributed by atoms with van der Waals surface area (Å²) in [6.07, 6.45) is 0.583. The van der Waals surface area contributed by atoms with Crippen molar-refractivity contribution in [2.45, 2.75) is 26.9 Å². The monoisotopic (exact) mass is 164 g/mol. The second kappa shape index (κ2) is 7.94. The Bertz CT molecular complexity index is 68.8. The van der Waals surface area contributed by atoms with E-state index in [2.05, 4.69) is 21.7 Å². The molecular weight excluding hydrogens is 148 g/mol. The van der Waals surface area contributed by atoms with Crippen LogP contribution in [-0.2, 0) is 19.6 Å². The van der Waals surface area contributed by atoms with Gasteiger partial charge in [-0.15, -0.1) is 0 Å². The highest BCUT2D eigenvalue weighted by Crippen LogP contribution is 2.04. The van der Waals surface area contributed by atoms with Gasteiger partial charge in [-0.25, -0.2) is 9.78 Å². The Hall–Kier alpha value is -0.160. The SMILES string of the molecule is CC1CO1.CCOOOCC. The average Bonchev–Trinajstić information content (AvgIpc) is 2.75. The Balaban J connectivity index is 0.000000207. The van der Waals surface area contributed by atoms with Crippen LogP contribution in [0, 0.1) is 0 Å². The first-order valence-corrected chi connectivity index (χ1v) is 3.83. The third-order valence-corrected chi connectivity index (χ3v) is 0.832. The van der Waals surface area contributed by atoms with Gasteiger partial charge >= 0.3 is 0 Å². The Morgan fingerprint density at radius 2 is 1.64 bits per heavy atom. The fourth-order valence-corrected chi connectivity index (χ4v) is 0.226. The molecule has 1 heterocycles. The van der Waals surface area contributed by atoms with Crippen LogP contribution < -0.4 is 0 Å². The predicted molar refractivity (Wildman–Crippen MR) is 39.8 cm³/mol. The van der Waals surface area contributed by atoms with Crippen LogP contribution in [0.4, 0.5) is 0 Å². The lowest BCUT2D eigenvalue weighted by molar-refractivity contribution is -0.509. The quantitative estimate of drug-likeness (QED) is 0.272. The molecule has 1 rings (SSSR count). The fraction of sp³-hybridized carbons (Fsp3) is 1.00. The molecular formula is C7H16O4. The van der Waals surface area contributed by atoms with Gasteiger partial charge in [0.25, 0.3) is 0 Å². The highest BCUT2D eigenvalue weighted by atomic mass is 17.5. The first kappa shape index (κ1) is 10.8. The maximum absolute atomic E-state index is 4.71. The summed E-state index contributed by atoms with van der Waals surface area (Å²) in [5, 5.41) is 4.13. The topological polar surface area (TPSA) is 40.2 Å². The van der Waals surface area contributed by atoms with Gasteiger partial charge in [-0.05, 0) is 20.8 Å². The van der Waals surface area contributed by atoms with Crippen LogP contribution in [0.3, 0.4) is 0 Å². The summed E-state index contributed by atoms with van der Waals surface area (Å²) in [7, 11) is 0. The molecule has 1 aliphatic heterocycles. The standard InChI is InChI=1S/C4H10O3.C3H6O/c1-3-5-7-6-4-2;1-3-2-4-3/h3-4H2,1-2H3;3H,2H2,1H3. The van der Waals surface area contributed by atoms with Gasteiger partial charge in [-0.2, -0.15) is 0 Å². The van der Waals surface area contributed by atoms with Crippen LogP contribution in [0.2, 0.25) is 0 Å². The summed E-state index contributed by atoms with van der Waals surface area (Å²) in [5.41, 5.74) is 0. The van der Waals surface area contributed by atoms with Crippen molar-refractivity contribution < 1.29 is 19.6 Å².